The molecule has 0 radical (unpaired) electrons. The highest BCUT2D eigenvalue weighted by molar-refractivity contribution is 6.01. The second kappa shape index (κ2) is 5.80. The molecule has 2 rings (SSSR count). The zero-order valence-electron chi connectivity index (χ0n) is 10.3. The smallest absolute Gasteiger partial charge is 0.330 e. The molecule has 0 saturated carbocycles. The molecule has 0 spiro atoms. The zero-order chi connectivity index (χ0) is 13.0. The maximum Gasteiger partial charge on any atom is 0.336 e. The predicted octanol–water partition coefficient (Wildman–Crippen LogP) is 1.73. The van der Waals surface area contributed by atoms with E-state index in [1.807, 2.05) is 0 Å². The minimum absolute atomic E-state index is 0.138. The summed E-state index contributed by atoms with van der Waals surface area (Å²) in [6.07, 6.45) is 8.65. The highest BCUT2D eigenvalue weighted by atomic mass is 16.7. The SMILES string of the molecule is O=C(ON1C(=O)CCC1=O)C1CCC=CCCC1. The lowest BCUT2D eigenvalue weighted by Gasteiger charge is -2.19. The van der Waals surface area contributed by atoms with Gasteiger partial charge in [-0.3, -0.25) is 9.59 Å². The number of rotatable bonds is 2. The Bertz CT molecular complexity index is 372. The number of carbonyl (C=O) groups is 3. The van der Waals surface area contributed by atoms with E-state index in [2.05, 4.69) is 12.2 Å². The maximum atomic E-state index is 11.9. The van der Waals surface area contributed by atoms with Crippen molar-refractivity contribution in [2.75, 3.05) is 0 Å². The van der Waals surface area contributed by atoms with Gasteiger partial charge in [0.25, 0.3) is 11.8 Å². The van der Waals surface area contributed by atoms with Gasteiger partial charge in [0, 0.05) is 12.8 Å². The van der Waals surface area contributed by atoms with E-state index in [1.165, 1.54) is 0 Å². The fourth-order valence-corrected chi connectivity index (χ4v) is 2.22. The summed E-state index contributed by atoms with van der Waals surface area (Å²) in [6, 6.07) is 0. The molecule has 1 atom stereocenters. The first kappa shape index (κ1) is 12.8. The van der Waals surface area contributed by atoms with E-state index >= 15 is 0 Å². The lowest BCUT2D eigenvalue weighted by atomic mass is 9.94. The second-order valence-corrected chi connectivity index (χ2v) is 4.67. The van der Waals surface area contributed by atoms with E-state index in [0.29, 0.717) is 11.5 Å². The Kier molecular flexibility index (Phi) is 4.12. The Morgan fingerprint density at radius 1 is 1.11 bits per heavy atom. The van der Waals surface area contributed by atoms with Crippen molar-refractivity contribution in [2.45, 2.75) is 44.9 Å². The van der Waals surface area contributed by atoms with Gasteiger partial charge in [0.15, 0.2) is 0 Å². The third-order valence-corrected chi connectivity index (χ3v) is 3.29. The maximum absolute atomic E-state index is 11.9. The molecule has 0 aromatic rings. The summed E-state index contributed by atoms with van der Waals surface area (Å²) < 4.78 is 0. The molecule has 0 bridgehead atoms. The van der Waals surface area contributed by atoms with Crippen molar-refractivity contribution in [3.8, 4) is 0 Å². The summed E-state index contributed by atoms with van der Waals surface area (Å²) in [5.74, 6) is -1.50. The van der Waals surface area contributed by atoms with E-state index < -0.39 is 17.8 Å². The third-order valence-electron chi connectivity index (χ3n) is 3.29. The summed E-state index contributed by atoms with van der Waals surface area (Å²) in [6.45, 7) is 0. The van der Waals surface area contributed by atoms with Crippen LogP contribution >= 0.6 is 0 Å². The van der Waals surface area contributed by atoms with E-state index in [-0.39, 0.29) is 18.8 Å². The molecule has 1 fully saturated rings. The normalized spacial score (nSPS) is 24.9. The number of imide groups is 1. The van der Waals surface area contributed by atoms with Crippen molar-refractivity contribution in [1.29, 1.82) is 0 Å². The van der Waals surface area contributed by atoms with Crippen LogP contribution in [0.2, 0.25) is 0 Å². The monoisotopic (exact) mass is 251 g/mol. The Hall–Kier alpha value is -1.65. The Morgan fingerprint density at radius 2 is 1.78 bits per heavy atom. The van der Waals surface area contributed by atoms with Crippen molar-refractivity contribution in [1.82, 2.24) is 5.06 Å². The van der Waals surface area contributed by atoms with Gasteiger partial charge in [-0.2, -0.15) is 0 Å². The van der Waals surface area contributed by atoms with Gasteiger partial charge >= 0.3 is 5.97 Å². The first-order valence-corrected chi connectivity index (χ1v) is 6.41. The molecule has 0 N–H and O–H groups in total. The highest BCUT2D eigenvalue weighted by Crippen LogP contribution is 2.22. The molecule has 5 heteroatoms. The molecule has 2 amide bonds. The first-order chi connectivity index (χ1) is 8.68. The molecular weight excluding hydrogens is 234 g/mol. The third kappa shape index (κ3) is 2.97. The number of hydrogen-bond donors (Lipinski definition) is 0. The molecule has 0 aromatic heterocycles. The van der Waals surface area contributed by atoms with Crippen molar-refractivity contribution >= 4 is 17.8 Å². The van der Waals surface area contributed by atoms with Crippen molar-refractivity contribution in [3.05, 3.63) is 12.2 Å². The Labute approximate surface area is 106 Å². The standard InChI is InChI=1S/C13H17NO4/c15-11-8-9-12(16)14(11)18-13(17)10-6-4-2-1-3-5-7-10/h1-2,10H,3-9H2. The minimum Gasteiger partial charge on any atom is -0.330 e. The molecule has 18 heavy (non-hydrogen) atoms. The van der Waals surface area contributed by atoms with E-state index in [4.69, 9.17) is 4.84 Å². The molecule has 2 aliphatic rings. The Morgan fingerprint density at radius 3 is 2.50 bits per heavy atom. The molecule has 1 unspecified atom stereocenters. The summed E-state index contributed by atoms with van der Waals surface area (Å²) in [5, 5.41) is 0.636. The fourth-order valence-electron chi connectivity index (χ4n) is 2.22. The van der Waals surface area contributed by atoms with Crippen LogP contribution in [0.15, 0.2) is 12.2 Å². The number of hydrogen-bond acceptors (Lipinski definition) is 4. The second-order valence-electron chi connectivity index (χ2n) is 4.67. The van der Waals surface area contributed by atoms with Gasteiger partial charge in [-0.05, 0) is 32.1 Å². The molecule has 1 aliphatic heterocycles. The van der Waals surface area contributed by atoms with Crippen LogP contribution in [0.25, 0.3) is 0 Å². The molecule has 1 heterocycles. The number of amides is 2. The van der Waals surface area contributed by atoms with E-state index in [1.54, 1.807) is 0 Å². The first-order valence-electron chi connectivity index (χ1n) is 6.41. The minimum atomic E-state index is -0.450. The van der Waals surface area contributed by atoms with E-state index in [0.717, 1.165) is 25.7 Å². The fraction of sp³-hybridized carbons (Fsp3) is 0.615. The molecule has 5 nitrogen and oxygen atoms in total. The molecule has 98 valence electrons. The summed E-state index contributed by atoms with van der Waals surface area (Å²) in [7, 11) is 0. The van der Waals surface area contributed by atoms with Crippen LogP contribution in [-0.2, 0) is 19.2 Å². The van der Waals surface area contributed by atoms with Crippen molar-refractivity contribution < 1.29 is 19.2 Å². The van der Waals surface area contributed by atoms with Gasteiger partial charge in [0.2, 0.25) is 0 Å². The average molecular weight is 251 g/mol. The van der Waals surface area contributed by atoms with Gasteiger partial charge < -0.3 is 4.84 Å². The van der Waals surface area contributed by atoms with Crippen LogP contribution in [0, 0.1) is 5.92 Å². The number of allylic oxidation sites excluding steroid dienone is 2. The summed E-state index contributed by atoms with van der Waals surface area (Å²) >= 11 is 0. The predicted molar refractivity (Wildman–Crippen MR) is 62.9 cm³/mol. The molecule has 1 aliphatic carbocycles. The number of carbonyl (C=O) groups excluding carboxylic acids is 3. The highest BCUT2D eigenvalue weighted by Gasteiger charge is 2.34. The van der Waals surface area contributed by atoms with Gasteiger partial charge in [-0.15, -0.1) is 5.06 Å². The van der Waals surface area contributed by atoms with Crippen LogP contribution in [0.3, 0.4) is 0 Å². The molecular formula is C13H17NO4. The topological polar surface area (TPSA) is 63.7 Å². The van der Waals surface area contributed by atoms with E-state index in [9.17, 15) is 14.4 Å². The van der Waals surface area contributed by atoms with Crippen LogP contribution in [0.4, 0.5) is 0 Å². The van der Waals surface area contributed by atoms with Gasteiger partial charge in [0.1, 0.15) is 0 Å². The largest absolute Gasteiger partial charge is 0.336 e. The van der Waals surface area contributed by atoms with Gasteiger partial charge in [0.05, 0.1) is 5.92 Å². The molecule has 1 saturated heterocycles. The summed E-state index contributed by atoms with van der Waals surface area (Å²) in [5.41, 5.74) is 0. The van der Waals surface area contributed by atoms with Crippen LogP contribution in [0.5, 0.6) is 0 Å². The summed E-state index contributed by atoms with van der Waals surface area (Å²) in [4.78, 5) is 39.5. The van der Waals surface area contributed by atoms with Crippen LogP contribution < -0.4 is 0 Å². The lowest BCUT2D eigenvalue weighted by molar-refractivity contribution is -0.201. The van der Waals surface area contributed by atoms with Gasteiger partial charge in [-0.1, -0.05) is 12.2 Å². The van der Waals surface area contributed by atoms with Crippen LogP contribution in [-0.4, -0.2) is 22.8 Å². The Balaban J connectivity index is 1.92. The quantitative estimate of drug-likeness (QED) is 0.554. The van der Waals surface area contributed by atoms with Crippen molar-refractivity contribution in [3.63, 3.8) is 0 Å². The van der Waals surface area contributed by atoms with Gasteiger partial charge in [-0.25, -0.2) is 4.79 Å². The average Bonchev–Trinajstić information content (AvgIpc) is 2.60. The zero-order valence-corrected chi connectivity index (χ0v) is 10.3. The number of hydroxylamine groups is 2. The number of nitrogens with zero attached hydrogens (tertiary/aromatic N) is 1. The lowest BCUT2D eigenvalue weighted by Crippen LogP contribution is -2.34. The van der Waals surface area contributed by atoms with Crippen molar-refractivity contribution in [2.24, 2.45) is 5.92 Å². The van der Waals surface area contributed by atoms with Crippen LogP contribution in [0.1, 0.15) is 44.9 Å². The molecule has 0 aromatic carbocycles.